The quantitative estimate of drug-likeness (QED) is 0.836. The van der Waals surface area contributed by atoms with Crippen LogP contribution in [0.4, 0.5) is 9.80 Å². The molecule has 0 aromatic carbocycles. The molecule has 6 heterocycles. The molecule has 0 saturated carbocycles. The molecule has 6 rings (SSSR count). The van der Waals surface area contributed by atoms with Crippen molar-refractivity contribution in [2.45, 2.75) is 18.4 Å². The summed E-state index contributed by atoms with van der Waals surface area (Å²) in [7, 11) is 0. The summed E-state index contributed by atoms with van der Waals surface area (Å²) < 4.78 is 5.93. The van der Waals surface area contributed by atoms with E-state index in [1.54, 1.807) is 22.7 Å². The van der Waals surface area contributed by atoms with E-state index in [-0.39, 0.29) is 11.7 Å². The Balaban J connectivity index is 1.43. The molecular formula is C16H17N3O2S2. The molecule has 0 unspecified atom stereocenters. The normalized spacial score (nSPS) is 32.7. The van der Waals surface area contributed by atoms with Crippen LogP contribution in [0.15, 0.2) is 23.0 Å². The molecule has 4 saturated heterocycles. The van der Waals surface area contributed by atoms with Crippen LogP contribution in [0.3, 0.4) is 0 Å². The maximum absolute atomic E-state index is 12.5. The molecule has 0 N–H and O–H groups in total. The summed E-state index contributed by atoms with van der Waals surface area (Å²) in [4.78, 5) is 21.1. The third-order valence-corrected chi connectivity index (χ3v) is 7.06. The number of thiophene rings is 1. The molecule has 1 spiro atoms. The largest absolute Gasteiger partial charge is 0.439 e. The Morgan fingerprint density at radius 2 is 2.13 bits per heavy atom. The van der Waals surface area contributed by atoms with E-state index in [2.05, 4.69) is 21.3 Å². The van der Waals surface area contributed by atoms with Crippen LogP contribution in [-0.2, 0) is 4.74 Å². The van der Waals surface area contributed by atoms with Crippen molar-refractivity contribution in [2.24, 2.45) is 5.92 Å². The Bertz CT molecular complexity index is 736. The van der Waals surface area contributed by atoms with Crippen LogP contribution in [0.25, 0.3) is 10.6 Å². The van der Waals surface area contributed by atoms with Gasteiger partial charge in [-0.3, -0.25) is 9.80 Å². The lowest BCUT2D eigenvalue weighted by Crippen LogP contribution is -2.61. The molecule has 4 aliphatic rings. The van der Waals surface area contributed by atoms with Crippen molar-refractivity contribution in [1.82, 2.24) is 9.88 Å². The van der Waals surface area contributed by atoms with Gasteiger partial charge in [0.1, 0.15) is 15.6 Å². The number of rotatable bonds is 2. The SMILES string of the molecule is O=C1O[C@]2(CN3CCC2CC3)CN1c1cc(-c2nccs2)cs1. The van der Waals surface area contributed by atoms with Gasteiger partial charge in [-0.05, 0) is 32.0 Å². The minimum Gasteiger partial charge on any atom is -0.439 e. The first-order valence-corrected chi connectivity index (χ1v) is 9.71. The van der Waals surface area contributed by atoms with E-state index >= 15 is 0 Å². The van der Waals surface area contributed by atoms with Crippen LogP contribution < -0.4 is 4.90 Å². The fourth-order valence-electron chi connectivity index (χ4n) is 4.13. The third-order valence-electron chi connectivity index (χ3n) is 5.29. The van der Waals surface area contributed by atoms with Gasteiger partial charge in [0.05, 0.1) is 6.54 Å². The Hall–Kier alpha value is -1.44. The molecule has 1 atom stereocenters. The number of hydrogen-bond acceptors (Lipinski definition) is 6. The summed E-state index contributed by atoms with van der Waals surface area (Å²) in [6.45, 7) is 3.88. The van der Waals surface area contributed by atoms with E-state index in [1.807, 2.05) is 16.5 Å². The average Bonchev–Trinajstić information content (AvgIpc) is 3.28. The zero-order valence-corrected chi connectivity index (χ0v) is 14.2. The van der Waals surface area contributed by atoms with Gasteiger partial charge in [-0.25, -0.2) is 9.78 Å². The lowest BCUT2D eigenvalue weighted by Gasteiger charge is -2.49. The number of piperidine rings is 3. The Morgan fingerprint density at radius 3 is 2.83 bits per heavy atom. The van der Waals surface area contributed by atoms with E-state index in [9.17, 15) is 4.79 Å². The summed E-state index contributed by atoms with van der Waals surface area (Å²) in [5.74, 6) is 0.514. The zero-order valence-electron chi connectivity index (χ0n) is 12.6. The number of aromatic nitrogens is 1. The van der Waals surface area contributed by atoms with Crippen molar-refractivity contribution in [3.8, 4) is 10.6 Å². The van der Waals surface area contributed by atoms with Gasteiger partial charge in [0.2, 0.25) is 0 Å². The van der Waals surface area contributed by atoms with Gasteiger partial charge < -0.3 is 4.74 Å². The van der Waals surface area contributed by atoms with Crippen molar-refractivity contribution in [3.63, 3.8) is 0 Å². The molecule has 1 amide bonds. The van der Waals surface area contributed by atoms with E-state index in [0.29, 0.717) is 12.5 Å². The van der Waals surface area contributed by atoms with Crippen LogP contribution in [0.2, 0.25) is 0 Å². The monoisotopic (exact) mass is 347 g/mol. The van der Waals surface area contributed by atoms with Crippen LogP contribution in [-0.4, -0.2) is 47.8 Å². The minimum atomic E-state index is -0.293. The van der Waals surface area contributed by atoms with E-state index < -0.39 is 0 Å². The first-order valence-electron chi connectivity index (χ1n) is 7.95. The summed E-state index contributed by atoms with van der Waals surface area (Å²) in [5, 5.41) is 6.01. The number of amides is 1. The van der Waals surface area contributed by atoms with Crippen LogP contribution >= 0.6 is 22.7 Å². The van der Waals surface area contributed by atoms with Crippen LogP contribution in [0, 0.1) is 5.92 Å². The molecule has 2 aromatic rings. The van der Waals surface area contributed by atoms with Gasteiger partial charge in [-0.15, -0.1) is 22.7 Å². The third kappa shape index (κ3) is 2.14. The lowest BCUT2D eigenvalue weighted by atomic mass is 9.75. The van der Waals surface area contributed by atoms with Crippen LogP contribution in [0.1, 0.15) is 12.8 Å². The topological polar surface area (TPSA) is 45.7 Å². The smallest absolute Gasteiger partial charge is 0.415 e. The molecule has 7 heteroatoms. The van der Waals surface area contributed by atoms with E-state index in [1.165, 1.54) is 0 Å². The highest BCUT2D eigenvalue weighted by Gasteiger charge is 2.55. The van der Waals surface area contributed by atoms with Gasteiger partial charge >= 0.3 is 6.09 Å². The highest BCUT2D eigenvalue weighted by Crippen LogP contribution is 2.44. The number of hydrogen-bond donors (Lipinski definition) is 0. The second kappa shape index (κ2) is 5.03. The van der Waals surface area contributed by atoms with Gasteiger partial charge in [-0.1, -0.05) is 0 Å². The first kappa shape index (κ1) is 13.9. The zero-order chi connectivity index (χ0) is 15.4. The molecule has 120 valence electrons. The molecular weight excluding hydrogens is 330 g/mol. The summed E-state index contributed by atoms with van der Waals surface area (Å²) >= 11 is 3.21. The predicted octanol–water partition coefficient (Wildman–Crippen LogP) is 3.29. The minimum absolute atomic E-state index is 0.189. The highest BCUT2D eigenvalue weighted by molar-refractivity contribution is 7.16. The van der Waals surface area contributed by atoms with E-state index in [0.717, 1.165) is 48.0 Å². The maximum Gasteiger partial charge on any atom is 0.415 e. The van der Waals surface area contributed by atoms with Crippen molar-refractivity contribution in [1.29, 1.82) is 0 Å². The van der Waals surface area contributed by atoms with Crippen molar-refractivity contribution >= 4 is 33.8 Å². The second-order valence-electron chi connectivity index (χ2n) is 6.58. The summed E-state index contributed by atoms with van der Waals surface area (Å²) in [5.41, 5.74) is 0.793. The van der Waals surface area contributed by atoms with Gasteiger partial charge in [0.25, 0.3) is 0 Å². The van der Waals surface area contributed by atoms with Crippen LogP contribution in [0.5, 0.6) is 0 Å². The predicted molar refractivity (Wildman–Crippen MR) is 91.1 cm³/mol. The summed E-state index contributed by atoms with van der Waals surface area (Å²) in [6.07, 6.45) is 3.92. The molecule has 2 aromatic heterocycles. The fourth-order valence-corrected chi connectivity index (χ4v) is 5.72. The molecule has 2 bridgehead atoms. The Kier molecular flexibility index (Phi) is 3.05. The number of thiazole rings is 1. The lowest BCUT2D eigenvalue weighted by molar-refractivity contribution is -0.0881. The first-order chi connectivity index (χ1) is 11.2. The number of ether oxygens (including phenoxy) is 1. The van der Waals surface area contributed by atoms with E-state index in [4.69, 9.17) is 4.74 Å². The molecule has 23 heavy (non-hydrogen) atoms. The number of nitrogens with zero attached hydrogens (tertiary/aromatic N) is 3. The maximum atomic E-state index is 12.5. The second-order valence-corrected chi connectivity index (χ2v) is 8.36. The standard InChI is InChI=1S/C16H17N3O2S2/c20-15-19(13-7-11(8-23-13)14-17-3-6-22-14)10-16(21-15)9-18-4-1-12(16)2-5-18/h3,6-8,12H,1-2,4-5,9-10H2/t16-/m1/s1. The van der Waals surface area contributed by atoms with Crippen molar-refractivity contribution in [3.05, 3.63) is 23.0 Å². The number of carbonyl (C=O) groups is 1. The molecule has 4 aliphatic heterocycles. The van der Waals surface area contributed by atoms with Gasteiger partial charge in [0, 0.05) is 35.0 Å². The fraction of sp³-hybridized carbons (Fsp3) is 0.500. The van der Waals surface area contributed by atoms with Crippen molar-refractivity contribution < 1.29 is 9.53 Å². The van der Waals surface area contributed by atoms with Gasteiger partial charge in [-0.2, -0.15) is 0 Å². The summed E-state index contributed by atoms with van der Waals surface area (Å²) in [6, 6.07) is 2.06. The number of fused-ring (bicyclic) bond motifs is 2. The average molecular weight is 347 g/mol. The van der Waals surface area contributed by atoms with Gasteiger partial charge in [0.15, 0.2) is 0 Å². The number of carbonyl (C=O) groups excluding carboxylic acids is 1. The molecule has 4 fully saturated rings. The molecule has 5 nitrogen and oxygen atoms in total. The molecule has 0 aliphatic carbocycles. The highest BCUT2D eigenvalue weighted by atomic mass is 32.1. The van der Waals surface area contributed by atoms with Crippen molar-refractivity contribution in [2.75, 3.05) is 31.1 Å². The molecule has 0 radical (unpaired) electrons. The Labute approximate surface area is 142 Å². The Morgan fingerprint density at radius 1 is 1.26 bits per heavy atom. The number of anilines is 1.